The molecule has 0 unspecified atom stereocenters. The second kappa shape index (κ2) is 7.45. The lowest BCUT2D eigenvalue weighted by Crippen LogP contribution is -2.46. The van der Waals surface area contributed by atoms with Crippen LogP contribution < -0.4 is 10.1 Å². The van der Waals surface area contributed by atoms with Gasteiger partial charge in [0.1, 0.15) is 11.6 Å². The lowest BCUT2D eigenvalue weighted by Gasteiger charge is -2.33. The van der Waals surface area contributed by atoms with Gasteiger partial charge in [-0.25, -0.2) is 9.18 Å². The molecule has 0 bridgehead atoms. The highest BCUT2D eigenvalue weighted by Crippen LogP contribution is 2.28. The number of ether oxygens (including phenoxy) is 1. The maximum absolute atomic E-state index is 14.0. The maximum Gasteiger partial charge on any atom is 0.317 e. The Morgan fingerprint density at radius 1 is 1.59 bits per heavy atom. The first-order chi connectivity index (χ1) is 10.6. The normalized spacial score (nSPS) is 19.6. The van der Waals surface area contributed by atoms with Crippen molar-refractivity contribution >= 4 is 6.03 Å². The Kier molecular flexibility index (Phi) is 5.60. The van der Waals surface area contributed by atoms with Gasteiger partial charge >= 0.3 is 6.03 Å². The number of amides is 2. The van der Waals surface area contributed by atoms with E-state index in [1.807, 2.05) is 0 Å². The van der Waals surface area contributed by atoms with Crippen LogP contribution in [-0.2, 0) is 0 Å². The van der Waals surface area contributed by atoms with Crippen molar-refractivity contribution in [2.24, 2.45) is 5.92 Å². The molecule has 22 heavy (non-hydrogen) atoms. The molecule has 1 fully saturated rings. The number of nitrogens with zero attached hydrogens (tertiary/aromatic N) is 1. The van der Waals surface area contributed by atoms with Gasteiger partial charge < -0.3 is 20.1 Å². The van der Waals surface area contributed by atoms with E-state index in [1.54, 1.807) is 24.0 Å². The van der Waals surface area contributed by atoms with E-state index in [9.17, 15) is 14.3 Å². The van der Waals surface area contributed by atoms with Gasteiger partial charge in [-0.2, -0.15) is 0 Å². The second-order valence-electron chi connectivity index (χ2n) is 5.66. The zero-order valence-electron chi connectivity index (χ0n) is 13.0. The van der Waals surface area contributed by atoms with Crippen LogP contribution in [0.15, 0.2) is 18.2 Å². The quantitative estimate of drug-likeness (QED) is 0.897. The van der Waals surface area contributed by atoms with Crippen LogP contribution in [0.3, 0.4) is 0 Å². The van der Waals surface area contributed by atoms with Crippen LogP contribution >= 0.6 is 0 Å². The average molecular weight is 310 g/mol. The molecule has 2 rings (SSSR count). The Labute approximate surface area is 130 Å². The number of urea groups is 1. The Balaban J connectivity index is 2.05. The van der Waals surface area contributed by atoms with Gasteiger partial charge in [0, 0.05) is 19.7 Å². The summed E-state index contributed by atoms with van der Waals surface area (Å²) in [5.74, 6) is 0.136. The number of halogens is 1. The van der Waals surface area contributed by atoms with E-state index in [0.29, 0.717) is 24.4 Å². The highest BCUT2D eigenvalue weighted by atomic mass is 19.1. The number of hydrogen-bond donors (Lipinski definition) is 2. The van der Waals surface area contributed by atoms with Crippen LogP contribution in [0.1, 0.15) is 31.4 Å². The fourth-order valence-corrected chi connectivity index (χ4v) is 2.86. The Hall–Kier alpha value is -1.82. The highest BCUT2D eigenvalue weighted by molar-refractivity contribution is 5.75. The SMILES string of the molecule is COc1cccc(F)c1[C@H](C)NC(=O)N1CCC[C@H](CO)C1. The van der Waals surface area contributed by atoms with Crippen LogP contribution in [-0.4, -0.2) is 42.8 Å². The van der Waals surface area contributed by atoms with E-state index in [0.717, 1.165) is 12.8 Å². The fraction of sp³-hybridized carbons (Fsp3) is 0.562. The molecule has 1 heterocycles. The maximum atomic E-state index is 14.0. The van der Waals surface area contributed by atoms with E-state index in [2.05, 4.69) is 5.32 Å². The number of methoxy groups -OCH3 is 1. The molecule has 1 aliphatic rings. The third-order valence-corrected chi connectivity index (χ3v) is 4.07. The number of aliphatic hydroxyl groups is 1. The smallest absolute Gasteiger partial charge is 0.317 e. The van der Waals surface area contributed by atoms with Crippen LogP contribution in [0.5, 0.6) is 5.75 Å². The molecule has 0 saturated carbocycles. The van der Waals surface area contributed by atoms with Gasteiger partial charge in [-0.05, 0) is 37.8 Å². The summed E-state index contributed by atoms with van der Waals surface area (Å²) >= 11 is 0. The number of piperidine rings is 1. The van der Waals surface area contributed by atoms with Crippen molar-refractivity contribution in [1.82, 2.24) is 10.2 Å². The predicted octanol–water partition coefficient (Wildman–Crippen LogP) is 2.31. The number of hydrogen-bond acceptors (Lipinski definition) is 3. The third-order valence-electron chi connectivity index (χ3n) is 4.07. The van der Waals surface area contributed by atoms with E-state index in [4.69, 9.17) is 4.74 Å². The molecule has 0 radical (unpaired) electrons. The third kappa shape index (κ3) is 3.68. The summed E-state index contributed by atoms with van der Waals surface area (Å²) < 4.78 is 19.2. The summed E-state index contributed by atoms with van der Waals surface area (Å²) in [6, 6.07) is 3.85. The van der Waals surface area contributed by atoms with Crippen molar-refractivity contribution < 1.29 is 19.0 Å². The Morgan fingerprint density at radius 2 is 2.36 bits per heavy atom. The van der Waals surface area contributed by atoms with Crippen molar-refractivity contribution in [3.05, 3.63) is 29.6 Å². The molecule has 0 aliphatic carbocycles. The number of carbonyl (C=O) groups excluding carboxylic acids is 1. The standard InChI is InChI=1S/C16H23FN2O3/c1-11(15-13(17)6-3-7-14(15)22-2)18-16(21)19-8-4-5-12(9-19)10-20/h3,6-7,11-12,20H,4-5,8-10H2,1-2H3,(H,18,21)/t11-,12-/m0/s1. The van der Waals surface area contributed by atoms with Gasteiger partial charge in [0.2, 0.25) is 0 Å². The second-order valence-corrected chi connectivity index (χ2v) is 5.66. The summed E-state index contributed by atoms with van der Waals surface area (Å²) in [6.45, 7) is 3.00. The number of aliphatic hydroxyl groups excluding tert-OH is 1. The molecule has 2 amide bonds. The average Bonchev–Trinajstić information content (AvgIpc) is 2.54. The van der Waals surface area contributed by atoms with Crippen molar-refractivity contribution in [3.8, 4) is 5.75 Å². The number of benzene rings is 1. The van der Waals surface area contributed by atoms with Crippen LogP contribution in [0.25, 0.3) is 0 Å². The molecule has 1 aromatic rings. The zero-order valence-corrected chi connectivity index (χ0v) is 13.0. The first kappa shape index (κ1) is 16.5. The minimum atomic E-state index is -0.502. The molecule has 2 N–H and O–H groups in total. The van der Waals surface area contributed by atoms with Crippen molar-refractivity contribution in [3.63, 3.8) is 0 Å². The van der Waals surface area contributed by atoms with Crippen molar-refractivity contribution in [1.29, 1.82) is 0 Å². The largest absolute Gasteiger partial charge is 0.496 e. The molecule has 1 aliphatic heterocycles. The number of nitrogens with one attached hydrogen (secondary N) is 1. The van der Waals surface area contributed by atoms with Gasteiger partial charge in [-0.1, -0.05) is 6.07 Å². The molecular formula is C16H23FN2O3. The Bertz CT molecular complexity index is 524. The van der Waals surface area contributed by atoms with Gasteiger partial charge in [0.25, 0.3) is 0 Å². The lowest BCUT2D eigenvalue weighted by atomic mass is 9.99. The summed E-state index contributed by atoms with van der Waals surface area (Å²) in [6.07, 6.45) is 1.80. The summed E-state index contributed by atoms with van der Waals surface area (Å²) in [7, 11) is 1.48. The lowest BCUT2D eigenvalue weighted by molar-refractivity contribution is 0.128. The van der Waals surface area contributed by atoms with Crippen LogP contribution in [0.4, 0.5) is 9.18 Å². The predicted molar refractivity (Wildman–Crippen MR) is 81.3 cm³/mol. The highest BCUT2D eigenvalue weighted by Gasteiger charge is 2.25. The van der Waals surface area contributed by atoms with Gasteiger partial charge in [0.05, 0.1) is 18.7 Å². The van der Waals surface area contributed by atoms with Crippen LogP contribution in [0, 0.1) is 11.7 Å². The topological polar surface area (TPSA) is 61.8 Å². The number of rotatable bonds is 4. The zero-order chi connectivity index (χ0) is 16.1. The summed E-state index contributed by atoms with van der Waals surface area (Å²) in [4.78, 5) is 14.0. The molecule has 122 valence electrons. The molecule has 0 aromatic heterocycles. The first-order valence-corrected chi connectivity index (χ1v) is 7.55. The summed E-state index contributed by atoms with van der Waals surface area (Å²) in [5, 5.41) is 12.0. The van der Waals surface area contributed by atoms with Crippen molar-refractivity contribution in [2.45, 2.75) is 25.8 Å². The Morgan fingerprint density at radius 3 is 3.05 bits per heavy atom. The first-order valence-electron chi connectivity index (χ1n) is 7.55. The summed E-state index contributed by atoms with van der Waals surface area (Å²) in [5.41, 5.74) is 0.342. The van der Waals surface area contributed by atoms with Crippen molar-refractivity contribution in [2.75, 3.05) is 26.8 Å². The molecule has 6 heteroatoms. The fourth-order valence-electron chi connectivity index (χ4n) is 2.86. The molecule has 0 spiro atoms. The van der Waals surface area contributed by atoms with Crippen LogP contribution in [0.2, 0.25) is 0 Å². The molecule has 2 atom stereocenters. The monoisotopic (exact) mass is 310 g/mol. The van der Waals surface area contributed by atoms with E-state index in [-0.39, 0.29) is 18.6 Å². The van der Waals surface area contributed by atoms with E-state index >= 15 is 0 Å². The van der Waals surface area contributed by atoms with Gasteiger partial charge in [0.15, 0.2) is 0 Å². The minimum absolute atomic E-state index is 0.0838. The molecular weight excluding hydrogens is 287 g/mol. The molecule has 5 nitrogen and oxygen atoms in total. The van der Waals surface area contributed by atoms with Gasteiger partial charge in [-0.3, -0.25) is 0 Å². The van der Waals surface area contributed by atoms with Gasteiger partial charge in [-0.15, -0.1) is 0 Å². The molecule has 1 aromatic carbocycles. The van der Waals surface area contributed by atoms with E-state index < -0.39 is 11.9 Å². The minimum Gasteiger partial charge on any atom is -0.496 e. The molecule has 1 saturated heterocycles. The van der Waals surface area contributed by atoms with E-state index in [1.165, 1.54) is 13.2 Å². The number of likely N-dealkylation sites (tertiary alicyclic amines) is 1. The number of carbonyl (C=O) groups is 1.